The Hall–Kier alpha value is -3.09. The normalized spacial score (nSPS) is 12.9. The number of hydrogen-bond donors (Lipinski definition) is 2. The number of benzene rings is 2. The zero-order chi connectivity index (χ0) is 21.3. The summed E-state index contributed by atoms with van der Waals surface area (Å²) >= 11 is 0. The maximum absolute atomic E-state index is 13.5. The van der Waals surface area contributed by atoms with E-state index in [1.54, 1.807) is 30.0 Å². The number of carbonyl (C=O) groups excluding carboxylic acids is 1. The second-order valence-corrected chi connectivity index (χ2v) is 7.03. The smallest absolute Gasteiger partial charge is 0.245 e. The molecule has 0 aliphatic heterocycles. The molecule has 156 valence electrons. The van der Waals surface area contributed by atoms with E-state index in [1.165, 1.54) is 12.1 Å². The van der Waals surface area contributed by atoms with Gasteiger partial charge in [-0.25, -0.2) is 9.87 Å². The van der Waals surface area contributed by atoms with Gasteiger partial charge in [0.05, 0.1) is 12.5 Å². The summed E-state index contributed by atoms with van der Waals surface area (Å²) in [6.07, 6.45) is 3.65. The molecule has 2 atom stereocenters. The standard InChI is InChI=1S/C24H25FN2O3/c1-2-30-23(16-24(28)27-29)22(20-7-9-21(25)10-8-20)15-17-3-5-18(6-4-17)19-11-13-26-14-12-19/h3-14,22-23,29H,2,15-16H2,1H3,(H,27,28)/t22-,23-/m1/s1. The number of ether oxygens (including phenoxy) is 1. The van der Waals surface area contributed by atoms with Crippen LogP contribution in [0, 0.1) is 5.82 Å². The number of carbonyl (C=O) groups is 1. The SMILES string of the molecule is CCO[C@H](CC(=O)NO)[C@H](Cc1ccc(-c2ccncc2)cc1)c1ccc(F)cc1. The molecular weight excluding hydrogens is 383 g/mol. The van der Waals surface area contributed by atoms with Crippen LogP contribution in [0.5, 0.6) is 0 Å². The molecule has 5 nitrogen and oxygen atoms in total. The van der Waals surface area contributed by atoms with Crippen molar-refractivity contribution in [3.8, 4) is 11.1 Å². The molecule has 2 aromatic carbocycles. The Morgan fingerprint density at radius 1 is 1.03 bits per heavy atom. The Balaban J connectivity index is 1.87. The lowest BCUT2D eigenvalue weighted by Crippen LogP contribution is -2.31. The predicted molar refractivity (Wildman–Crippen MR) is 112 cm³/mol. The van der Waals surface area contributed by atoms with Crippen molar-refractivity contribution in [2.45, 2.75) is 31.8 Å². The first-order chi connectivity index (χ1) is 14.6. The van der Waals surface area contributed by atoms with Crippen molar-refractivity contribution in [3.63, 3.8) is 0 Å². The van der Waals surface area contributed by atoms with Gasteiger partial charge in [-0.2, -0.15) is 0 Å². The highest BCUT2D eigenvalue weighted by Crippen LogP contribution is 2.30. The van der Waals surface area contributed by atoms with Gasteiger partial charge >= 0.3 is 0 Å². The Morgan fingerprint density at radius 2 is 1.67 bits per heavy atom. The summed E-state index contributed by atoms with van der Waals surface area (Å²) in [7, 11) is 0. The molecule has 0 radical (unpaired) electrons. The predicted octanol–water partition coefficient (Wildman–Crippen LogP) is 4.51. The number of hydroxylamine groups is 1. The molecule has 3 rings (SSSR count). The fraction of sp³-hybridized carbons (Fsp3) is 0.250. The summed E-state index contributed by atoms with van der Waals surface area (Å²) in [5.41, 5.74) is 5.78. The van der Waals surface area contributed by atoms with Crippen LogP contribution in [0.25, 0.3) is 11.1 Å². The molecule has 0 fully saturated rings. The number of halogens is 1. The van der Waals surface area contributed by atoms with Crippen LogP contribution < -0.4 is 5.48 Å². The van der Waals surface area contributed by atoms with Gasteiger partial charge in [0.2, 0.25) is 5.91 Å². The third-order valence-corrected chi connectivity index (χ3v) is 5.06. The van der Waals surface area contributed by atoms with E-state index in [2.05, 4.69) is 4.98 Å². The van der Waals surface area contributed by atoms with Crippen molar-refractivity contribution in [2.75, 3.05) is 6.61 Å². The van der Waals surface area contributed by atoms with Gasteiger partial charge in [-0.3, -0.25) is 15.0 Å². The van der Waals surface area contributed by atoms with Gasteiger partial charge in [-0.05, 0) is 59.9 Å². The molecular formula is C24H25FN2O3. The van der Waals surface area contributed by atoms with Crippen LogP contribution in [0.15, 0.2) is 73.1 Å². The minimum atomic E-state index is -0.520. The molecule has 0 saturated heterocycles. The molecule has 1 aromatic heterocycles. The molecule has 1 amide bonds. The van der Waals surface area contributed by atoms with Gasteiger partial charge in [0.1, 0.15) is 5.82 Å². The summed E-state index contributed by atoms with van der Waals surface area (Å²) in [5.74, 6) is -1.02. The summed E-state index contributed by atoms with van der Waals surface area (Å²) in [6, 6.07) is 18.3. The number of nitrogens with zero attached hydrogens (tertiary/aromatic N) is 1. The van der Waals surface area contributed by atoms with Crippen molar-refractivity contribution >= 4 is 5.91 Å². The summed E-state index contributed by atoms with van der Waals surface area (Å²) < 4.78 is 19.3. The molecule has 2 N–H and O–H groups in total. The highest BCUT2D eigenvalue weighted by Gasteiger charge is 2.26. The lowest BCUT2D eigenvalue weighted by molar-refractivity contribution is -0.132. The molecule has 3 aromatic rings. The average molecular weight is 408 g/mol. The summed E-state index contributed by atoms with van der Waals surface area (Å²) in [6.45, 7) is 2.27. The van der Waals surface area contributed by atoms with Crippen molar-refractivity contribution in [2.24, 2.45) is 0 Å². The zero-order valence-electron chi connectivity index (χ0n) is 16.8. The maximum Gasteiger partial charge on any atom is 0.245 e. The van der Waals surface area contributed by atoms with Gasteiger partial charge in [0.15, 0.2) is 0 Å². The molecule has 1 heterocycles. The van der Waals surface area contributed by atoms with Crippen molar-refractivity contribution in [1.82, 2.24) is 10.5 Å². The molecule has 6 heteroatoms. The van der Waals surface area contributed by atoms with E-state index in [9.17, 15) is 9.18 Å². The summed E-state index contributed by atoms with van der Waals surface area (Å²) in [4.78, 5) is 15.9. The van der Waals surface area contributed by atoms with E-state index in [1.807, 2.05) is 43.3 Å². The second-order valence-electron chi connectivity index (χ2n) is 7.03. The minimum Gasteiger partial charge on any atom is -0.377 e. The third-order valence-electron chi connectivity index (χ3n) is 5.06. The highest BCUT2D eigenvalue weighted by atomic mass is 19.1. The molecule has 0 aliphatic rings. The van der Waals surface area contributed by atoms with Crippen molar-refractivity contribution < 1.29 is 19.1 Å². The van der Waals surface area contributed by atoms with Gasteiger partial charge in [-0.1, -0.05) is 36.4 Å². The molecule has 0 bridgehead atoms. The Bertz CT molecular complexity index is 931. The number of nitrogens with one attached hydrogen (secondary N) is 1. The lowest BCUT2D eigenvalue weighted by atomic mass is 9.85. The first-order valence-corrected chi connectivity index (χ1v) is 9.90. The van der Waals surface area contributed by atoms with Crippen molar-refractivity contribution in [3.05, 3.63) is 90.0 Å². The number of rotatable bonds is 9. The van der Waals surface area contributed by atoms with E-state index in [-0.39, 0.29) is 18.2 Å². The molecule has 0 unspecified atom stereocenters. The van der Waals surface area contributed by atoms with Gasteiger partial charge in [-0.15, -0.1) is 0 Å². The van der Waals surface area contributed by atoms with E-state index >= 15 is 0 Å². The van der Waals surface area contributed by atoms with Crippen molar-refractivity contribution in [1.29, 1.82) is 0 Å². The molecule has 0 spiro atoms. The number of aromatic nitrogens is 1. The summed E-state index contributed by atoms with van der Waals surface area (Å²) in [5, 5.41) is 8.96. The first-order valence-electron chi connectivity index (χ1n) is 9.90. The Kier molecular flexibility index (Phi) is 7.65. The Morgan fingerprint density at radius 3 is 2.27 bits per heavy atom. The molecule has 0 saturated carbocycles. The van der Waals surface area contributed by atoms with E-state index in [0.29, 0.717) is 13.0 Å². The fourth-order valence-corrected chi connectivity index (χ4v) is 3.57. The van der Waals surface area contributed by atoms with Crippen LogP contribution in [0.4, 0.5) is 4.39 Å². The number of hydrogen-bond acceptors (Lipinski definition) is 4. The topological polar surface area (TPSA) is 71.5 Å². The lowest BCUT2D eigenvalue weighted by Gasteiger charge is -2.27. The van der Waals surface area contributed by atoms with Crippen LogP contribution in [-0.4, -0.2) is 28.8 Å². The Labute approximate surface area is 175 Å². The minimum absolute atomic E-state index is 0.00147. The largest absolute Gasteiger partial charge is 0.377 e. The highest BCUT2D eigenvalue weighted by molar-refractivity contribution is 5.75. The van der Waals surface area contributed by atoms with Crippen LogP contribution >= 0.6 is 0 Å². The monoisotopic (exact) mass is 408 g/mol. The molecule has 30 heavy (non-hydrogen) atoms. The second kappa shape index (κ2) is 10.6. The van der Waals surface area contributed by atoms with Crippen LogP contribution in [0.2, 0.25) is 0 Å². The van der Waals surface area contributed by atoms with Gasteiger partial charge in [0.25, 0.3) is 0 Å². The van der Waals surface area contributed by atoms with Crippen LogP contribution in [-0.2, 0) is 16.0 Å². The quantitative estimate of drug-likeness (QED) is 0.404. The average Bonchev–Trinajstić information content (AvgIpc) is 2.79. The maximum atomic E-state index is 13.5. The van der Waals surface area contributed by atoms with Crippen LogP contribution in [0.3, 0.4) is 0 Å². The van der Waals surface area contributed by atoms with E-state index in [0.717, 1.165) is 22.3 Å². The number of pyridine rings is 1. The third kappa shape index (κ3) is 5.72. The van der Waals surface area contributed by atoms with E-state index in [4.69, 9.17) is 9.94 Å². The van der Waals surface area contributed by atoms with E-state index < -0.39 is 12.0 Å². The first kappa shape index (κ1) is 21.6. The molecule has 0 aliphatic carbocycles. The zero-order valence-corrected chi connectivity index (χ0v) is 16.8. The fourth-order valence-electron chi connectivity index (χ4n) is 3.57. The van der Waals surface area contributed by atoms with Crippen LogP contribution in [0.1, 0.15) is 30.4 Å². The number of amides is 1. The van der Waals surface area contributed by atoms with Gasteiger partial charge < -0.3 is 4.74 Å². The van der Waals surface area contributed by atoms with Gasteiger partial charge in [0, 0.05) is 24.9 Å².